The number of nitrogens with zero attached hydrogens (tertiary/aromatic N) is 3. The van der Waals surface area contributed by atoms with Gasteiger partial charge in [-0.05, 0) is 24.6 Å². The molecular weight excluding hydrogens is 292 g/mol. The smallest absolute Gasteiger partial charge is 0.312 e. The Morgan fingerprint density at radius 2 is 1.52 bits per heavy atom. The Hall–Kier alpha value is -2.08. The second kappa shape index (κ2) is 7.00. The fourth-order valence-electron chi connectivity index (χ4n) is 3.13. The first kappa shape index (κ1) is 15.8. The molecule has 2 saturated heterocycles. The van der Waals surface area contributed by atoms with Crippen LogP contribution in [0.25, 0.3) is 0 Å². The molecule has 0 unspecified atom stereocenters. The van der Waals surface area contributed by atoms with Gasteiger partial charge in [0.1, 0.15) is 0 Å². The average Bonchev–Trinajstić information content (AvgIpc) is 2.61. The summed E-state index contributed by atoms with van der Waals surface area (Å²) in [5.74, 6) is -0.703. The quantitative estimate of drug-likeness (QED) is 0.745. The van der Waals surface area contributed by atoms with Gasteiger partial charge in [-0.3, -0.25) is 9.59 Å². The van der Waals surface area contributed by atoms with Crippen molar-refractivity contribution in [1.29, 1.82) is 0 Å². The molecule has 0 spiro atoms. The summed E-state index contributed by atoms with van der Waals surface area (Å²) in [4.78, 5) is 30.3. The molecule has 0 atom stereocenters. The monoisotopic (exact) mass is 316 g/mol. The zero-order chi connectivity index (χ0) is 16.2. The van der Waals surface area contributed by atoms with Crippen molar-refractivity contribution in [1.82, 2.24) is 15.1 Å². The summed E-state index contributed by atoms with van der Waals surface area (Å²) in [6.45, 7) is 7.58. The first-order valence-corrected chi connectivity index (χ1v) is 8.25. The highest BCUT2D eigenvalue weighted by molar-refractivity contribution is 6.34. The minimum atomic E-state index is -0.351. The lowest BCUT2D eigenvalue weighted by Crippen LogP contribution is -2.56. The molecular formula is C17H24N4O2. The number of anilines is 1. The van der Waals surface area contributed by atoms with Crippen LogP contribution in [0.3, 0.4) is 0 Å². The van der Waals surface area contributed by atoms with Gasteiger partial charge in [-0.1, -0.05) is 12.1 Å². The maximum absolute atomic E-state index is 12.4. The third-order valence-corrected chi connectivity index (χ3v) is 4.52. The van der Waals surface area contributed by atoms with E-state index in [2.05, 4.69) is 41.4 Å². The number of nitrogens with one attached hydrogen (secondary N) is 1. The Morgan fingerprint density at radius 3 is 2.13 bits per heavy atom. The minimum Gasteiger partial charge on any atom is -0.368 e. The van der Waals surface area contributed by atoms with Crippen LogP contribution in [0.4, 0.5) is 5.69 Å². The summed E-state index contributed by atoms with van der Waals surface area (Å²) in [6, 6.07) is 8.38. The van der Waals surface area contributed by atoms with Crippen LogP contribution in [0.15, 0.2) is 24.3 Å². The molecule has 1 aromatic rings. The third-order valence-electron chi connectivity index (χ3n) is 4.52. The molecule has 23 heavy (non-hydrogen) atoms. The van der Waals surface area contributed by atoms with Crippen molar-refractivity contribution in [3.05, 3.63) is 29.8 Å². The van der Waals surface area contributed by atoms with E-state index in [1.165, 1.54) is 11.3 Å². The number of aryl methyl sites for hydroxylation is 1. The van der Waals surface area contributed by atoms with Crippen molar-refractivity contribution < 1.29 is 9.59 Å². The van der Waals surface area contributed by atoms with Crippen molar-refractivity contribution in [3.63, 3.8) is 0 Å². The van der Waals surface area contributed by atoms with Gasteiger partial charge in [0.05, 0.1) is 0 Å². The topological polar surface area (TPSA) is 55.9 Å². The van der Waals surface area contributed by atoms with E-state index in [4.69, 9.17) is 0 Å². The molecule has 0 radical (unpaired) electrons. The maximum atomic E-state index is 12.4. The summed E-state index contributed by atoms with van der Waals surface area (Å²) in [5.41, 5.74) is 2.42. The van der Waals surface area contributed by atoms with Gasteiger partial charge in [0, 0.05) is 58.0 Å². The van der Waals surface area contributed by atoms with Gasteiger partial charge in [-0.25, -0.2) is 0 Å². The molecule has 2 aliphatic rings. The first-order chi connectivity index (χ1) is 11.1. The molecule has 0 aromatic heterocycles. The largest absolute Gasteiger partial charge is 0.368 e. The predicted octanol–water partition coefficient (Wildman–Crippen LogP) is 0.0754. The number of carbonyl (C=O) groups excluding carboxylic acids is 2. The molecule has 1 N–H and O–H groups in total. The van der Waals surface area contributed by atoms with E-state index >= 15 is 0 Å². The number of hydrogen-bond donors (Lipinski definition) is 1. The summed E-state index contributed by atoms with van der Waals surface area (Å²) < 4.78 is 0. The van der Waals surface area contributed by atoms with Crippen LogP contribution in [0.2, 0.25) is 0 Å². The first-order valence-electron chi connectivity index (χ1n) is 8.25. The van der Waals surface area contributed by atoms with Crippen LogP contribution < -0.4 is 10.2 Å². The fraction of sp³-hybridized carbons (Fsp3) is 0.529. The Kier molecular flexibility index (Phi) is 4.81. The normalized spacial score (nSPS) is 18.9. The van der Waals surface area contributed by atoms with E-state index in [0.29, 0.717) is 26.2 Å². The van der Waals surface area contributed by atoms with Crippen LogP contribution in [-0.2, 0) is 9.59 Å². The predicted molar refractivity (Wildman–Crippen MR) is 89.4 cm³/mol. The molecule has 6 nitrogen and oxygen atoms in total. The number of hydrogen-bond acceptors (Lipinski definition) is 4. The Morgan fingerprint density at radius 1 is 0.913 bits per heavy atom. The zero-order valence-electron chi connectivity index (χ0n) is 13.6. The highest BCUT2D eigenvalue weighted by Gasteiger charge is 2.30. The maximum Gasteiger partial charge on any atom is 0.312 e. The van der Waals surface area contributed by atoms with Crippen molar-refractivity contribution in [2.75, 3.05) is 57.3 Å². The number of carbonyl (C=O) groups is 2. The van der Waals surface area contributed by atoms with Gasteiger partial charge in [0.15, 0.2) is 0 Å². The second-order valence-electron chi connectivity index (χ2n) is 6.16. The third kappa shape index (κ3) is 3.64. The van der Waals surface area contributed by atoms with Gasteiger partial charge in [0.2, 0.25) is 0 Å². The Balaban J connectivity index is 1.55. The standard InChI is InChI=1S/C17H24N4O2/c1-14-3-2-4-15(13-14)19-9-11-21(12-10-19)17(23)16(22)20-7-5-18-6-8-20/h2-4,13,18H,5-12H2,1H3. The molecule has 2 amide bonds. The Bertz CT molecular complexity index is 576. The van der Waals surface area contributed by atoms with Gasteiger partial charge in [0.25, 0.3) is 0 Å². The fourth-order valence-corrected chi connectivity index (χ4v) is 3.13. The molecule has 3 rings (SSSR count). The van der Waals surface area contributed by atoms with E-state index in [1.54, 1.807) is 9.80 Å². The van der Waals surface area contributed by atoms with Gasteiger partial charge in [-0.2, -0.15) is 0 Å². The number of rotatable bonds is 1. The van der Waals surface area contributed by atoms with E-state index in [1.807, 2.05) is 0 Å². The number of benzene rings is 1. The minimum absolute atomic E-state index is 0.351. The molecule has 124 valence electrons. The highest BCUT2D eigenvalue weighted by Crippen LogP contribution is 2.18. The van der Waals surface area contributed by atoms with Crippen LogP contribution >= 0.6 is 0 Å². The van der Waals surface area contributed by atoms with Crippen LogP contribution in [0.1, 0.15) is 5.56 Å². The number of piperazine rings is 2. The molecule has 1 aromatic carbocycles. The molecule has 0 saturated carbocycles. The SMILES string of the molecule is Cc1cccc(N2CCN(C(=O)C(=O)N3CCNCC3)CC2)c1. The van der Waals surface area contributed by atoms with Crippen molar-refractivity contribution >= 4 is 17.5 Å². The second-order valence-corrected chi connectivity index (χ2v) is 6.16. The van der Waals surface area contributed by atoms with Gasteiger partial charge in [-0.15, -0.1) is 0 Å². The Labute approximate surface area is 137 Å². The van der Waals surface area contributed by atoms with Crippen molar-refractivity contribution in [3.8, 4) is 0 Å². The van der Waals surface area contributed by atoms with Crippen LogP contribution in [0, 0.1) is 6.92 Å². The summed E-state index contributed by atoms with van der Waals surface area (Å²) in [6.07, 6.45) is 0. The van der Waals surface area contributed by atoms with Crippen molar-refractivity contribution in [2.45, 2.75) is 6.92 Å². The summed E-state index contributed by atoms with van der Waals surface area (Å²) in [7, 11) is 0. The van der Waals surface area contributed by atoms with E-state index < -0.39 is 0 Å². The highest BCUT2D eigenvalue weighted by atomic mass is 16.2. The zero-order valence-corrected chi connectivity index (χ0v) is 13.6. The van der Waals surface area contributed by atoms with E-state index in [-0.39, 0.29) is 11.8 Å². The molecule has 2 heterocycles. The van der Waals surface area contributed by atoms with E-state index in [9.17, 15) is 9.59 Å². The molecule has 6 heteroatoms. The summed E-state index contributed by atoms with van der Waals surface area (Å²) >= 11 is 0. The lowest BCUT2D eigenvalue weighted by Gasteiger charge is -2.37. The lowest BCUT2D eigenvalue weighted by molar-refractivity contribution is -0.152. The lowest BCUT2D eigenvalue weighted by atomic mass is 10.2. The average molecular weight is 316 g/mol. The van der Waals surface area contributed by atoms with Gasteiger partial charge >= 0.3 is 11.8 Å². The molecule has 0 bridgehead atoms. The van der Waals surface area contributed by atoms with Crippen molar-refractivity contribution in [2.24, 2.45) is 0 Å². The van der Waals surface area contributed by atoms with E-state index in [0.717, 1.165) is 26.2 Å². The van der Waals surface area contributed by atoms with Crippen LogP contribution in [0.5, 0.6) is 0 Å². The molecule has 0 aliphatic carbocycles. The molecule has 2 aliphatic heterocycles. The molecule has 2 fully saturated rings. The van der Waals surface area contributed by atoms with Gasteiger partial charge < -0.3 is 20.0 Å². The summed E-state index contributed by atoms with van der Waals surface area (Å²) in [5, 5.41) is 3.19. The number of amides is 2. The van der Waals surface area contributed by atoms with Crippen LogP contribution in [-0.4, -0.2) is 74.0 Å².